The van der Waals surface area contributed by atoms with Crippen LogP contribution in [0.2, 0.25) is 0 Å². The zero-order valence-corrected chi connectivity index (χ0v) is 15.3. The predicted octanol–water partition coefficient (Wildman–Crippen LogP) is 2.97. The number of amides is 1. The second-order valence-corrected chi connectivity index (χ2v) is 8.12. The molecule has 1 N–H and O–H groups in total. The van der Waals surface area contributed by atoms with Gasteiger partial charge in [0.2, 0.25) is 5.91 Å². The molecule has 0 aromatic heterocycles. The molecule has 5 rings (SSSR count). The van der Waals surface area contributed by atoms with Crippen LogP contribution in [0.4, 0.5) is 5.69 Å². The molecule has 0 saturated carbocycles. The number of fused-ring (bicyclic) bond motifs is 1. The average molecular weight is 352 g/mol. The number of ether oxygens (including phenoxy) is 1. The Labute approximate surface area is 153 Å². The number of rotatable bonds is 2. The molecule has 4 aliphatic rings. The Hall–Kier alpha value is -2.30. The van der Waals surface area contributed by atoms with Gasteiger partial charge in [0, 0.05) is 24.4 Å². The van der Waals surface area contributed by atoms with E-state index < -0.39 is 0 Å². The number of carbonyl (C=O) groups excluding carboxylic acids is 2. The van der Waals surface area contributed by atoms with E-state index in [4.69, 9.17) is 4.74 Å². The molecule has 1 amide bonds. The minimum Gasteiger partial charge on any atom is -0.466 e. The van der Waals surface area contributed by atoms with Crippen LogP contribution in [0.1, 0.15) is 44.6 Å². The monoisotopic (exact) mass is 352 g/mol. The Kier molecular flexibility index (Phi) is 3.13. The van der Waals surface area contributed by atoms with Crippen molar-refractivity contribution >= 4 is 17.6 Å². The minimum atomic E-state index is -0.301. The van der Waals surface area contributed by atoms with Gasteiger partial charge in [-0.05, 0) is 42.7 Å². The fourth-order valence-electron chi connectivity index (χ4n) is 6.26. The summed E-state index contributed by atoms with van der Waals surface area (Å²) < 4.78 is 5.17. The molecule has 5 nitrogen and oxygen atoms in total. The lowest BCUT2D eigenvalue weighted by molar-refractivity contribution is -0.144. The fourth-order valence-corrected chi connectivity index (χ4v) is 6.26. The van der Waals surface area contributed by atoms with Crippen molar-refractivity contribution in [3.8, 4) is 0 Å². The first-order chi connectivity index (χ1) is 12.6. The third-order valence-electron chi connectivity index (χ3n) is 7.34. The number of carbonyl (C=O) groups is 2. The standard InChI is InChI=1S/C21H24N2O3/c1-3-20-9-8-16(24)23-11-10-21(19(20)23)14-6-4-5-7-15(14)22-17(21)13(12-20)18(25)26-2/h4-7,19,22H,3,8-12H2,1-2H3. The van der Waals surface area contributed by atoms with Crippen LogP contribution in [-0.4, -0.2) is 36.5 Å². The number of methoxy groups -OCH3 is 1. The molecule has 3 unspecified atom stereocenters. The van der Waals surface area contributed by atoms with Crippen LogP contribution in [0.5, 0.6) is 0 Å². The molecule has 136 valence electrons. The Morgan fingerprint density at radius 2 is 2.15 bits per heavy atom. The SMILES string of the molecule is CCC12CCC(=O)N3CCC4(C(=C(C(=O)OC)C1)Nc1ccccc14)C32. The third-order valence-corrected chi connectivity index (χ3v) is 7.34. The zero-order valence-electron chi connectivity index (χ0n) is 15.3. The topological polar surface area (TPSA) is 58.6 Å². The van der Waals surface area contributed by atoms with Crippen LogP contribution in [-0.2, 0) is 19.7 Å². The number of anilines is 1. The van der Waals surface area contributed by atoms with Gasteiger partial charge in [-0.3, -0.25) is 4.79 Å². The maximum absolute atomic E-state index is 12.7. The van der Waals surface area contributed by atoms with Crippen molar-refractivity contribution in [2.24, 2.45) is 5.41 Å². The van der Waals surface area contributed by atoms with Gasteiger partial charge in [-0.2, -0.15) is 0 Å². The molecule has 0 bridgehead atoms. The lowest BCUT2D eigenvalue weighted by atomic mass is 9.53. The van der Waals surface area contributed by atoms with E-state index in [1.165, 1.54) is 12.7 Å². The Bertz CT molecular complexity index is 861. The molecule has 3 aliphatic heterocycles. The molecule has 26 heavy (non-hydrogen) atoms. The zero-order chi connectivity index (χ0) is 18.1. The van der Waals surface area contributed by atoms with E-state index in [9.17, 15) is 9.59 Å². The van der Waals surface area contributed by atoms with Gasteiger partial charge in [0.15, 0.2) is 0 Å². The number of hydrogen-bond donors (Lipinski definition) is 1. The molecule has 1 aromatic rings. The Balaban J connectivity index is 1.82. The molecular weight excluding hydrogens is 328 g/mol. The lowest BCUT2D eigenvalue weighted by Crippen LogP contribution is -2.61. The van der Waals surface area contributed by atoms with Crippen LogP contribution >= 0.6 is 0 Å². The lowest BCUT2D eigenvalue weighted by Gasteiger charge is -2.55. The van der Waals surface area contributed by atoms with E-state index in [0.29, 0.717) is 12.8 Å². The number of benzene rings is 1. The largest absolute Gasteiger partial charge is 0.466 e. The number of nitrogens with zero attached hydrogens (tertiary/aromatic N) is 1. The molecule has 1 aliphatic carbocycles. The van der Waals surface area contributed by atoms with Gasteiger partial charge in [-0.1, -0.05) is 25.1 Å². The van der Waals surface area contributed by atoms with Gasteiger partial charge in [0.25, 0.3) is 0 Å². The van der Waals surface area contributed by atoms with Gasteiger partial charge in [-0.25, -0.2) is 4.79 Å². The van der Waals surface area contributed by atoms with Crippen LogP contribution in [0.3, 0.4) is 0 Å². The van der Waals surface area contributed by atoms with Gasteiger partial charge in [0.1, 0.15) is 0 Å². The first-order valence-corrected chi connectivity index (χ1v) is 9.55. The van der Waals surface area contributed by atoms with E-state index in [-0.39, 0.29) is 28.7 Å². The van der Waals surface area contributed by atoms with E-state index in [1.54, 1.807) is 0 Å². The highest BCUT2D eigenvalue weighted by Gasteiger charge is 2.67. The quantitative estimate of drug-likeness (QED) is 0.832. The molecule has 1 spiro atoms. The molecule has 3 heterocycles. The highest BCUT2D eigenvalue weighted by Crippen LogP contribution is 2.65. The van der Waals surface area contributed by atoms with Gasteiger partial charge in [0.05, 0.1) is 24.1 Å². The summed E-state index contributed by atoms with van der Waals surface area (Å²) in [4.78, 5) is 27.6. The van der Waals surface area contributed by atoms with Crippen molar-refractivity contribution in [3.05, 3.63) is 41.1 Å². The summed E-state index contributed by atoms with van der Waals surface area (Å²) in [7, 11) is 1.46. The smallest absolute Gasteiger partial charge is 0.335 e. The van der Waals surface area contributed by atoms with E-state index >= 15 is 0 Å². The number of para-hydroxylation sites is 1. The van der Waals surface area contributed by atoms with Crippen LogP contribution in [0.25, 0.3) is 0 Å². The van der Waals surface area contributed by atoms with Crippen molar-refractivity contribution in [1.29, 1.82) is 0 Å². The highest BCUT2D eigenvalue weighted by atomic mass is 16.5. The fraction of sp³-hybridized carbons (Fsp3) is 0.524. The predicted molar refractivity (Wildman–Crippen MR) is 97.5 cm³/mol. The van der Waals surface area contributed by atoms with Gasteiger partial charge in [-0.15, -0.1) is 0 Å². The van der Waals surface area contributed by atoms with Crippen LogP contribution < -0.4 is 5.32 Å². The normalized spacial score (nSPS) is 34.2. The first kappa shape index (κ1) is 15.9. The van der Waals surface area contributed by atoms with Crippen molar-refractivity contribution in [2.75, 3.05) is 19.0 Å². The number of esters is 1. The van der Waals surface area contributed by atoms with Crippen LogP contribution in [0, 0.1) is 5.41 Å². The molecule has 2 saturated heterocycles. The Morgan fingerprint density at radius 3 is 2.92 bits per heavy atom. The van der Waals surface area contributed by atoms with Crippen LogP contribution in [0.15, 0.2) is 35.5 Å². The summed E-state index contributed by atoms with van der Waals surface area (Å²) in [6.45, 7) is 2.97. The number of piperidine rings is 1. The summed E-state index contributed by atoms with van der Waals surface area (Å²) in [5.41, 5.74) is 3.70. The maximum Gasteiger partial charge on any atom is 0.335 e. The molecular formula is C21H24N2O3. The van der Waals surface area contributed by atoms with Gasteiger partial charge >= 0.3 is 5.97 Å². The minimum absolute atomic E-state index is 0.0590. The van der Waals surface area contributed by atoms with Crippen molar-refractivity contribution in [3.63, 3.8) is 0 Å². The molecule has 1 aromatic carbocycles. The van der Waals surface area contributed by atoms with Crippen molar-refractivity contribution < 1.29 is 14.3 Å². The van der Waals surface area contributed by atoms with E-state index in [2.05, 4.69) is 35.3 Å². The summed E-state index contributed by atoms with van der Waals surface area (Å²) >= 11 is 0. The number of nitrogens with one attached hydrogen (secondary N) is 1. The summed E-state index contributed by atoms with van der Waals surface area (Å²) in [5, 5.41) is 3.55. The van der Waals surface area contributed by atoms with Crippen molar-refractivity contribution in [2.45, 2.75) is 50.5 Å². The van der Waals surface area contributed by atoms with Crippen molar-refractivity contribution in [1.82, 2.24) is 4.90 Å². The molecule has 5 heteroatoms. The van der Waals surface area contributed by atoms with E-state index in [1.807, 2.05) is 6.07 Å². The second kappa shape index (κ2) is 5.12. The maximum atomic E-state index is 12.7. The van der Waals surface area contributed by atoms with Gasteiger partial charge < -0.3 is 15.0 Å². The molecule has 2 fully saturated rings. The first-order valence-electron chi connectivity index (χ1n) is 9.55. The summed E-state index contributed by atoms with van der Waals surface area (Å²) in [6.07, 6.45) is 3.94. The second-order valence-electron chi connectivity index (χ2n) is 8.12. The Morgan fingerprint density at radius 1 is 1.35 bits per heavy atom. The van der Waals surface area contributed by atoms with E-state index in [0.717, 1.165) is 42.8 Å². The average Bonchev–Trinajstić information content (AvgIpc) is 3.24. The summed E-state index contributed by atoms with van der Waals surface area (Å²) in [5.74, 6) is 0.0301. The summed E-state index contributed by atoms with van der Waals surface area (Å²) in [6, 6.07) is 8.44. The highest BCUT2D eigenvalue weighted by molar-refractivity contribution is 5.94. The molecule has 3 atom stereocenters. The number of hydrogen-bond acceptors (Lipinski definition) is 4. The third kappa shape index (κ3) is 1.67. The molecule has 0 radical (unpaired) electrons.